The zero-order valence-electron chi connectivity index (χ0n) is 12.6. The summed E-state index contributed by atoms with van der Waals surface area (Å²) in [5, 5.41) is 0. The van der Waals surface area contributed by atoms with Crippen LogP contribution in [-0.4, -0.2) is 14.9 Å². The van der Waals surface area contributed by atoms with Crippen LogP contribution in [0.25, 0.3) is 0 Å². The maximum atomic E-state index is 13.0. The van der Waals surface area contributed by atoms with E-state index < -0.39 is 21.8 Å². The van der Waals surface area contributed by atoms with Crippen molar-refractivity contribution in [1.29, 1.82) is 0 Å². The summed E-state index contributed by atoms with van der Waals surface area (Å²) < 4.78 is 18.7. The maximum absolute atomic E-state index is 13.0. The molecule has 1 aliphatic heterocycles. The normalized spacial score (nSPS) is 24.7. The number of aryl methyl sites for hydroxylation is 1. The maximum Gasteiger partial charge on any atom is 0.236 e. The zero-order valence-corrected chi connectivity index (χ0v) is 13.4. The second-order valence-corrected chi connectivity index (χ2v) is 7.05. The molecule has 114 valence electrons. The number of benzene rings is 2. The first-order valence-corrected chi connectivity index (χ1v) is 8.49. The molecule has 3 rings (SSSR count). The topological polar surface area (TPSA) is 46.7 Å². The molecule has 3 nitrogen and oxygen atoms in total. The average Bonchev–Trinajstić information content (AvgIpc) is 3.32. The minimum absolute atomic E-state index is 0.111. The van der Waals surface area contributed by atoms with Gasteiger partial charge < -0.3 is 4.74 Å². The first kappa shape index (κ1) is 15.1. The Bertz CT molecular complexity index is 709. The van der Waals surface area contributed by atoms with Crippen molar-refractivity contribution in [2.24, 2.45) is 0 Å². The lowest BCUT2D eigenvalue weighted by Gasteiger charge is -2.11. The van der Waals surface area contributed by atoms with Gasteiger partial charge in [-0.2, -0.15) is 0 Å². The molecule has 0 aliphatic carbocycles. The van der Waals surface area contributed by atoms with Crippen molar-refractivity contribution in [3.63, 3.8) is 0 Å². The molecule has 0 saturated carbocycles. The summed E-state index contributed by atoms with van der Waals surface area (Å²) >= 11 is 0. The van der Waals surface area contributed by atoms with Crippen LogP contribution in [0.5, 0.6) is 0 Å². The van der Waals surface area contributed by atoms with Crippen LogP contribution in [0, 0.1) is 6.92 Å². The lowest BCUT2D eigenvalue weighted by Crippen LogP contribution is -2.30. The van der Waals surface area contributed by atoms with Gasteiger partial charge in [-0.15, -0.1) is 0 Å². The predicted octanol–water partition coefficient (Wildman–Crippen LogP) is 3.55. The highest BCUT2D eigenvalue weighted by Crippen LogP contribution is 2.54. The van der Waals surface area contributed by atoms with Gasteiger partial charge in [0.15, 0.2) is 5.78 Å². The molecule has 0 N–H and O–H groups in total. The zero-order chi connectivity index (χ0) is 15.7. The van der Waals surface area contributed by atoms with E-state index in [1.54, 1.807) is 19.1 Å². The molecule has 1 saturated heterocycles. The minimum atomic E-state index is -1.52. The Morgan fingerprint density at radius 1 is 1.14 bits per heavy atom. The smallest absolute Gasteiger partial charge is 0.236 e. The third-order valence-corrected chi connectivity index (χ3v) is 5.69. The second-order valence-electron chi connectivity index (χ2n) is 5.43. The molecule has 2 unspecified atom stereocenters. The van der Waals surface area contributed by atoms with Gasteiger partial charge in [-0.1, -0.05) is 55.0 Å². The molecule has 1 fully saturated rings. The molecule has 22 heavy (non-hydrogen) atoms. The molecule has 3 atom stereocenters. The highest BCUT2D eigenvalue weighted by atomic mass is 32.2. The van der Waals surface area contributed by atoms with Crippen LogP contribution >= 0.6 is 0 Å². The van der Waals surface area contributed by atoms with Crippen LogP contribution in [0.4, 0.5) is 0 Å². The van der Waals surface area contributed by atoms with E-state index in [0.717, 1.165) is 11.1 Å². The van der Waals surface area contributed by atoms with Crippen molar-refractivity contribution < 1.29 is 13.7 Å². The standard InChI is InChI=1S/C18H18O3S/c1-3-16(19)18(17(21-18)14-7-5-4-6-8-14)22(20)15-11-9-13(2)10-12-15/h4-12,17H,3H2,1-2H3/t17?,18?,22-/m0/s1. The number of rotatable bonds is 5. The monoisotopic (exact) mass is 314 g/mol. The lowest BCUT2D eigenvalue weighted by molar-refractivity contribution is -0.121. The van der Waals surface area contributed by atoms with Gasteiger partial charge in [0.05, 0.1) is 10.8 Å². The van der Waals surface area contributed by atoms with Gasteiger partial charge in [0.2, 0.25) is 4.93 Å². The number of Topliss-reactive ketones (excluding diaryl/α,β-unsaturated/α-hetero) is 1. The molecule has 0 spiro atoms. The van der Waals surface area contributed by atoms with E-state index in [0.29, 0.717) is 11.3 Å². The SMILES string of the molecule is CCC(=O)C1([S@@](=O)c2ccc(C)cc2)OC1c1ccccc1. The average molecular weight is 314 g/mol. The van der Waals surface area contributed by atoms with E-state index in [1.165, 1.54) is 0 Å². The van der Waals surface area contributed by atoms with Crippen LogP contribution in [0.1, 0.15) is 30.6 Å². The number of carbonyl (C=O) groups is 1. The molecule has 2 aromatic rings. The van der Waals surface area contributed by atoms with Gasteiger partial charge in [-0.3, -0.25) is 9.00 Å². The Labute approximate surface area is 132 Å². The number of hydrogen-bond donors (Lipinski definition) is 0. The van der Waals surface area contributed by atoms with Gasteiger partial charge in [-0.25, -0.2) is 0 Å². The first-order valence-electron chi connectivity index (χ1n) is 7.34. The first-order chi connectivity index (χ1) is 10.6. The Morgan fingerprint density at radius 2 is 1.77 bits per heavy atom. The van der Waals surface area contributed by atoms with E-state index in [2.05, 4.69) is 0 Å². The van der Waals surface area contributed by atoms with Crippen molar-refractivity contribution >= 4 is 16.6 Å². The molecular weight excluding hydrogens is 296 g/mol. The fourth-order valence-electron chi connectivity index (χ4n) is 2.60. The van der Waals surface area contributed by atoms with Crippen LogP contribution in [0.2, 0.25) is 0 Å². The highest BCUT2D eigenvalue weighted by molar-refractivity contribution is 7.87. The highest BCUT2D eigenvalue weighted by Gasteiger charge is 2.67. The molecule has 1 heterocycles. The van der Waals surface area contributed by atoms with Gasteiger partial charge >= 0.3 is 0 Å². The molecule has 0 amide bonds. The molecule has 0 bridgehead atoms. The molecule has 0 aromatic heterocycles. The van der Waals surface area contributed by atoms with Crippen molar-refractivity contribution in [3.8, 4) is 0 Å². The fraction of sp³-hybridized carbons (Fsp3) is 0.278. The number of epoxide rings is 1. The number of carbonyl (C=O) groups excluding carboxylic acids is 1. The van der Waals surface area contributed by atoms with Crippen LogP contribution in [0.3, 0.4) is 0 Å². The summed E-state index contributed by atoms with van der Waals surface area (Å²) in [5.41, 5.74) is 1.98. The quantitative estimate of drug-likeness (QED) is 0.793. The summed E-state index contributed by atoms with van der Waals surface area (Å²) in [4.78, 5) is 11.8. The van der Waals surface area contributed by atoms with Crippen LogP contribution < -0.4 is 0 Å². The van der Waals surface area contributed by atoms with Crippen molar-refractivity contribution in [2.45, 2.75) is 36.2 Å². The van der Waals surface area contributed by atoms with Gasteiger partial charge in [0, 0.05) is 11.3 Å². The second kappa shape index (κ2) is 5.78. The van der Waals surface area contributed by atoms with E-state index in [9.17, 15) is 9.00 Å². The Kier molecular flexibility index (Phi) is 3.98. The third-order valence-electron chi connectivity index (χ3n) is 3.90. The van der Waals surface area contributed by atoms with Crippen molar-refractivity contribution in [1.82, 2.24) is 0 Å². The molecule has 0 radical (unpaired) electrons. The number of hydrogen-bond acceptors (Lipinski definition) is 3. The lowest BCUT2D eigenvalue weighted by atomic mass is 10.1. The van der Waals surface area contributed by atoms with Crippen molar-refractivity contribution in [3.05, 3.63) is 65.7 Å². The van der Waals surface area contributed by atoms with E-state index in [-0.39, 0.29) is 5.78 Å². The molecule has 4 heteroatoms. The van der Waals surface area contributed by atoms with Crippen molar-refractivity contribution in [2.75, 3.05) is 0 Å². The Balaban J connectivity index is 1.97. The number of ether oxygens (including phenoxy) is 1. The van der Waals surface area contributed by atoms with E-state index in [1.807, 2.05) is 49.4 Å². The summed E-state index contributed by atoms with van der Waals surface area (Å²) in [6.45, 7) is 3.75. The molecule has 2 aromatic carbocycles. The molecular formula is C18H18O3S. The third kappa shape index (κ3) is 2.42. The minimum Gasteiger partial charge on any atom is -0.339 e. The summed E-state index contributed by atoms with van der Waals surface area (Å²) in [6.07, 6.45) is -0.121. The Hall–Kier alpha value is -1.78. The fourth-order valence-corrected chi connectivity index (χ4v) is 4.19. The summed E-state index contributed by atoms with van der Waals surface area (Å²) in [5.74, 6) is -0.111. The van der Waals surface area contributed by atoms with Crippen LogP contribution in [0.15, 0.2) is 59.5 Å². The Morgan fingerprint density at radius 3 is 2.36 bits per heavy atom. The van der Waals surface area contributed by atoms with Gasteiger partial charge in [-0.05, 0) is 24.6 Å². The largest absolute Gasteiger partial charge is 0.339 e. The van der Waals surface area contributed by atoms with E-state index in [4.69, 9.17) is 4.74 Å². The predicted molar refractivity (Wildman–Crippen MR) is 85.9 cm³/mol. The summed E-state index contributed by atoms with van der Waals surface area (Å²) in [6, 6.07) is 16.9. The summed E-state index contributed by atoms with van der Waals surface area (Å²) in [7, 11) is -1.52. The molecule has 1 aliphatic rings. The van der Waals surface area contributed by atoms with Gasteiger partial charge in [0.25, 0.3) is 0 Å². The van der Waals surface area contributed by atoms with E-state index >= 15 is 0 Å². The van der Waals surface area contributed by atoms with Crippen LogP contribution in [-0.2, 0) is 20.3 Å². The van der Waals surface area contributed by atoms with Gasteiger partial charge in [0.1, 0.15) is 6.10 Å². The number of ketones is 1.